The molecule has 0 aliphatic heterocycles. The molecule has 0 unspecified atom stereocenters. The van der Waals surface area contributed by atoms with E-state index >= 15 is 0 Å². The average Bonchev–Trinajstić information content (AvgIpc) is 3.11. The summed E-state index contributed by atoms with van der Waals surface area (Å²) in [5.41, 5.74) is 7.76. The molecule has 6 heteroatoms. The first-order chi connectivity index (χ1) is 23.0. The van der Waals surface area contributed by atoms with Gasteiger partial charge < -0.3 is 24.1 Å². The number of hydrogen-bond acceptors (Lipinski definition) is 6. The van der Waals surface area contributed by atoms with Crippen molar-refractivity contribution in [1.82, 2.24) is 0 Å². The summed E-state index contributed by atoms with van der Waals surface area (Å²) in [4.78, 5) is 11.6. The van der Waals surface area contributed by atoms with E-state index in [1.807, 2.05) is 36.4 Å². The monoisotopic (exact) mass is 632 g/mol. The fraction of sp³-hybridized carbons (Fsp3) is 0.293. The van der Waals surface area contributed by atoms with Crippen molar-refractivity contribution in [3.8, 4) is 45.6 Å². The molecule has 0 saturated heterocycles. The average molecular weight is 633 g/mol. The lowest BCUT2D eigenvalue weighted by atomic mass is 9.95. The van der Waals surface area contributed by atoms with Crippen molar-refractivity contribution in [3.05, 3.63) is 120 Å². The zero-order valence-corrected chi connectivity index (χ0v) is 27.4. The van der Waals surface area contributed by atoms with Gasteiger partial charge in [-0.15, -0.1) is 0 Å². The van der Waals surface area contributed by atoms with E-state index in [0.717, 1.165) is 52.0 Å². The molecule has 0 bridgehead atoms. The van der Waals surface area contributed by atoms with Crippen molar-refractivity contribution in [2.45, 2.75) is 39.0 Å². The van der Waals surface area contributed by atoms with Crippen LogP contribution in [0.3, 0.4) is 0 Å². The van der Waals surface area contributed by atoms with Gasteiger partial charge in [0.2, 0.25) is 0 Å². The van der Waals surface area contributed by atoms with Crippen molar-refractivity contribution in [1.29, 1.82) is 0 Å². The molecule has 1 N–H and O–H groups in total. The van der Waals surface area contributed by atoms with E-state index < -0.39 is 12.6 Å². The second-order valence-corrected chi connectivity index (χ2v) is 11.1. The smallest absolute Gasteiger partial charge is 0.335 e. The van der Waals surface area contributed by atoms with E-state index in [2.05, 4.69) is 79.9 Å². The fourth-order valence-corrected chi connectivity index (χ4v) is 4.92. The Bertz CT molecular complexity index is 1630. The predicted molar refractivity (Wildman–Crippen MR) is 188 cm³/mol. The summed E-state index contributed by atoms with van der Waals surface area (Å²) in [5, 5.41) is 8.96. The number of aliphatic hydroxyl groups is 1. The summed E-state index contributed by atoms with van der Waals surface area (Å²) in [6, 6.07) is 30.8. The number of benzene rings is 4. The summed E-state index contributed by atoms with van der Waals surface area (Å²) in [6.45, 7) is 6.63. The Hall–Kier alpha value is -4.83. The van der Waals surface area contributed by atoms with Crippen LogP contribution in [-0.4, -0.2) is 51.2 Å². The van der Waals surface area contributed by atoms with Gasteiger partial charge >= 0.3 is 5.97 Å². The first-order valence-electron chi connectivity index (χ1n) is 16.2. The molecular weight excluding hydrogens is 588 g/mol. The molecule has 0 aromatic heterocycles. The van der Waals surface area contributed by atoms with Crippen molar-refractivity contribution in [3.63, 3.8) is 0 Å². The van der Waals surface area contributed by atoms with Crippen LogP contribution in [0.4, 0.5) is 0 Å². The zero-order chi connectivity index (χ0) is 33.3. The van der Waals surface area contributed by atoms with E-state index in [4.69, 9.17) is 24.1 Å². The number of rotatable bonds is 17. The van der Waals surface area contributed by atoms with Gasteiger partial charge in [0.05, 0.1) is 18.8 Å². The molecular formula is C41H44O6. The molecule has 0 atom stereocenters. The minimum Gasteiger partial charge on any atom is -0.491 e. The number of carbonyl (C=O) groups is 1. The number of ether oxygens (including phenoxy) is 4. The van der Waals surface area contributed by atoms with E-state index in [-0.39, 0.29) is 18.8 Å². The van der Waals surface area contributed by atoms with Gasteiger partial charge in [0.1, 0.15) is 31.3 Å². The Morgan fingerprint density at radius 2 is 1.28 bits per heavy atom. The van der Waals surface area contributed by atoms with Crippen molar-refractivity contribution in [2.75, 3.05) is 40.1 Å². The normalized spacial score (nSPS) is 10.5. The molecule has 0 spiro atoms. The maximum atomic E-state index is 11.6. The first-order valence-corrected chi connectivity index (χ1v) is 16.2. The molecule has 4 rings (SSSR count). The van der Waals surface area contributed by atoms with Crippen LogP contribution in [-0.2, 0) is 20.7 Å². The third-order valence-electron chi connectivity index (χ3n) is 7.63. The van der Waals surface area contributed by atoms with Crippen molar-refractivity contribution < 1.29 is 28.8 Å². The molecule has 0 fully saturated rings. The Kier molecular flexibility index (Phi) is 14.1. The highest BCUT2D eigenvalue weighted by Crippen LogP contribution is 2.27. The van der Waals surface area contributed by atoms with Gasteiger partial charge in [0, 0.05) is 18.2 Å². The summed E-state index contributed by atoms with van der Waals surface area (Å²) in [5.74, 6) is 7.72. The van der Waals surface area contributed by atoms with Gasteiger partial charge in [0.25, 0.3) is 0 Å². The minimum atomic E-state index is -0.620. The molecule has 4 aromatic rings. The Balaban J connectivity index is 1.42. The number of carbonyl (C=O) groups excluding carboxylic acids is 1. The Morgan fingerprint density at radius 3 is 1.87 bits per heavy atom. The summed E-state index contributed by atoms with van der Waals surface area (Å²) >= 11 is 0. The lowest BCUT2D eigenvalue weighted by molar-refractivity contribution is -0.140. The molecule has 0 aliphatic rings. The molecule has 0 saturated carbocycles. The maximum Gasteiger partial charge on any atom is 0.335 e. The second-order valence-electron chi connectivity index (χ2n) is 11.1. The highest BCUT2D eigenvalue weighted by Gasteiger charge is 2.08. The molecule has 6 nitrogen and oxygen atoms in total. The summed E-state index contributed by atoms with van der Waals surface area (Å²) < 4.78 is 21.5. The molecule has 244 valence electrons. The highest BCUT2D eigenvalue weighted by molar-refractivity contribution is 5.87. The molecule has 0 heterocycles. The molecule has 0 amide bonds. The lowest BCUT2D eigenvalue weighted by Crippen LogP contribution is -2.14. The standard InChI is InChI=1S/C41H44O6/c1-4-5-6-7-8-37-29-38(36-19-23-40(24-20-36)46-27-28-47-41(43)31(2)30-42)16-15-35(37)14-11-32-9-12-33(13-10-32)34-17-21-39(22-18-34)45-26-25-44-3/h9-10,12-13,15-24,29,42H,2,4-8,25-28,30H2,1,3H3. The molecule has 0 radical (unpaired) electrons. The second kappa shape index (κ2) is 19.0. The number of aryl methyl sites for hydroxylation is 1. The topological polar surface area (TPSA) is 74.2 Å². The van der Waals surface area contributed by atoms with Crippen LogP contribution in [0.15, 0.2) is 103 Å². The molecule has 0 aliphatic carbocycles. The third-order valence-corrected chi connectivity index (χ3v) is 7.63. The van der Waals surface area contributed by atoms with E-state index in [9.17, 15) is 4.79 Å². The predicted octanol–water partition coefficient (Wildman–Crippen LogP) is 8.04. The van der Waals surface area contributed by atoms with Crippen molar-refractivity contribution in [2.24, 2.45) is 0 Å². The highest BCUT2D eigenvalue weighted by atomic mass is 16.6. The summed E-state index contributed by atoms with van der Waals surface area (Å²) in [6.07, 6.45) is 5.73. The first kappa shape index (κ1) is 35.0. The van der Waals surface area contributed by atoms with Crippen LogP contribution in [0.1, 0.15) is 49.3 Å². The summed E-state index contributed by atoms with van der Waals surface area (Å²) in [7, 11) is 1.66. The number of esters is 1. The van der Waals surface area contributed by atoms with Crippen LogP contribution in [0, 0.1) is 11.8 Å². The fourth-order valence-electron chi connectivity index (χ4n) is 4.92. The SMILES string of the molecule is C=C(CO)C(=O)OCCOc1ccc(-c2ccc(C#Cc3ccc(-c4ccc(OCCOC)cc4)cc3)c(CCCCCC)c2)cc1. The Morgan fingerprint density at radius 1 is 0.702 bits per heavy atom. The maximum absolute atomic E-state index is 11.6. The Labute approximate surface area is 279 Å². The van der Waals surface area contributed by atoms with E-state index in [1.165, 1.54) is 24.8 Å². The van der Waals surface area contributed by atoms with Gasteiger partial charge in [-0.3, -0.25) is 0 Å². The van der Waals surface area contributed by atoms with Crippen LogP contribution in [0.2, 0.25) is 0 Å². The van der Waals surface area contributed by atoms with E-state index in [1.54, 1.807) is 7.11 Å². The van der Waals surface area contributed by atoms with Gasteiger partial charge in [-0.2, -0.15) is 0 Å². The number of unbranched alkanes of at least 4 members (excludes halogenated alkanes) is 3. The third kappa shape index (κ3) is 11.2. The van der Waals surface area contributed by atoms with Crippen molar-refractivity contribution >= 4 is 5.97 Å². The van der Waals surface area contributed by atoms with Gasteiger partial charge in [0.15, 0.2) is 0 Å². The van der Waals surface area contributed by atoms with Crippen LogP contribution in [0.5, 0.6) is 11.5 Å². The number of aliphatic hydroxyl groups excluding tert-OH is 1. The quantitative estimate of drug-likeness (QED) is 0.0550. The van der Waals surface area contributed by atoms with E-state index in [0.29, 0.717) is 19.0 Å². The van der Waals surface area contributed by atoms with Gasteiger partial charge in [-0.25, -0.2) is 4.79 Å². The number of hydrogen-bond donors (Lipinski definition) is 1. The lowest BCUT2D eigenvalue weighted by Gasteiger charge is -2.11. The van der Waals surface area contributed by atoms with Crippen LogP contribution in [0.25, 0.3) is 22.3 Å². The van der Waals surface area contributed by atoms with Crippen LogP contribution >= 0.6 is 0 Å². The zero-order valence-electron chi connectivity index (χ0n) is 27.4. The minimum absolute atomic E-state index is 0.0218. The largest absolute Gasteiger partial charge is 0.491 e. The molecule has 4 aromatic carbocycles. The van der Waals surface area contributed by atoms with Crippen LogP contribution < -0.4 is 9.47 Å². The van der Waals surface area contributed by atoms with Gasteiger partial charge in [-0.05, 0) is 89.2 Å². The van der Waals surface area contributed by atoms with Gasteiger partial charge in [-0.1, -0.05) is 87.1 Å². The molecule has 47 heavy (non-hydrogen) atoms. The number of methoxy groups -OCH3 is 1.